The molecule has 88 valence electrons. The standard InChI is InChI=1S/C12H16ClNOS/c13-11-3-1-2-10(8-11)9-14-12-4-6-16(15)7-5-12/h1-3,8,12,14H,4-7,9H2. The zero-order valence-electron chi connectivity index (χ0n) is 9.12. The van der Waals surface area contributed by atoms with E-state index in [1.54, 1.807) is 0 Å². The first kappa shape index (κ1) is 12.1. The molecule has 0 aliphatic carbocycles. The average molecular weight is 258 g/mol. The first-order valence-electron chi connectivity index (χ1n) is 5.57. The molecule has 0 saturated carbocycles. The maximum absolute atomic E-state index is 11.2. The molecule has 1 aromatic carbocycles. The molecule has 1 heterocycles. The van der Waals surface area contributed by atoms with Gasteiger partial charge in [-0.2, -0.15) is 0 Å². The Morgan fingerprint density at radius 3 is 2.81 bits per heavy atom. The minimum Gasteiger partial charge on any atom is -0.310 e. The Hall–Kier alpha value is -0.380. The van der Waals surface area contributed by atoms with Crippen molar-refractivity contribution in [1.82, 2.24) is 5.32 Å². The van der Waals surface area contributed by atoms with Crippen LogP contribution in [0.3, 0.4) is 0 Å². The Bertz CT molecular complexity index is 373. The van der Waals surface area contributed by atoms with Gasteiger partial charge in [-0.1, -0.05) is 23.7 Å². The summed E-state index contributed by atoms with van der Waals surface area (Å²) in [5.41, 5.74) is 1.21. The van der Waals surface area contributed by atoms with E-state index < -0.39 is 10.8 Å². The van der Waals surface area contributed by atoms with Gasteiger partial charge < -0.3 is 5.32 Å². The van der Waals surface area contributed by atoms with Crippen LogP contribution in [0.15, 0.2) is 24.3 Å². The third-order valence-electron chi connectivity index (χ3n) is 2.87. The van der Waals surface area contributed by atoms with Crippen molar-refractivity contribution >= 4 is 22.4 Å². The predicted octanol–water partition coefficient (Wildman–Crippen LogP) is 2.34. The second-order valence-electron chi connectivity index (χ2n) is 4.13. The van der Waals surface area contributed by atoms with Crippen LogP contribution in [0.2, 0.25) is 5.02 Å². The number of nitrogens with one attached hydrogen (secondary N) is 1. The molecule has 16 heavy (non-hydrogen) atoms. The van der Waals surface area contributed by atoms with Crippen LogP contribution in [0.4, 0.5) is 0 Å². The highest BCUT2D eigenvalue weighted by molar-refractivity contribution is 7.85. The molecule has 2 rings (SSSR count). The van der Waals surface area contributed by atoms with Gasteiger partial charge in [0.05, 0.1) is 0 Å². The largest absolute Gasteiger partial charge is 0.310 e. The lowest BCUT2D eigenvalue weighted by Crippen LogP contribution is -2.35. The maximum Gasteiger partial charge on any atom is 0.0409 e. The quantitative estimate of drug-likeness (QED) is 0.901. The third-order valence-corrected chi connectivity index (χ3v) is 4.49. The van der Waals surface area contributed by atoms with Crippen molar-refractivity contribution in [1.29, 1.82) is 0 Å². The Balaban J connectivity index is 1.81. The Morgan fingerprint density at radius 2 is 2.12 bits per heavy atom. The molecule has 0 bridgehead atoms. The molecular formula is C12H16ClNOS. The summed E-state index contributed by atoms with van der Waals surface area (Å²) >= 11 is 5.92. The molecule has 1 aliphatic rings. The van der Waals surface area contributed by atoms with Crippen LogP contribution in [0, 0.1) is 0 Å². The van der Waals surface area contributed by atoms with E-state index >= 15 is 0 Å². The van der Waals surface area contributed by atoms with Gasteiger partial charge in [-0.3, -0.25) is 4.21 Å². The van der Waals surface area contributed by atoms with Crippen molar-refractivity contribution in [2.45, 2.75) is 25.4 Å². The van der Waals surface area contributed by atoms with Gasteiger partial charge in [0, 0.05) is 39.9 Å². The summed E-state index contributed by atoms with van der Waals surface area (Å²) < 4.78 is 11.2. The van der Waals surface area contributed by atoms with Crippen LogP contribution in [-0.4, -0.2) is 21.8 Å². The highest BCUT2D eigenvalue weighted by atomic mass is 35.5. The van der Waals surface area contributed by atoms with Gasteiger partial charge in [0.25, 0.3) is 0 Å². The lowest BCUT2D eigenvalue weighted by atomic mass is 10.1. The van der Waals surface area contributed by atoms with Gasteiger partial charge in [0.15, 0.2) is 0 Å². The topological polar surface area (TPSA) is 29.1 Å². The summed E-state index contributed by atoms with van der Waals surface area (Å²) in [6.45, 7) is 0.845. The fraction of sp³-hybridized carbons (Fsp3) is 0.500. The fourth-order valence-corrected chi connectivity index (χ4v) is 3.42. The third kappa shape index (κ3) is 3.58. The zero-order valence-corrected chi connectivity index (χ0v) is 10.7. The summed E-state index contributed by atoms with van der Waals surface area (Å²) in [7, 11) is -0.574. The molecule has 1 N–H and O–H groups in total. The molecule has 1 aromatic rings. The van der Waals surface area contributed by atoms with E-state index in [1.165, 1.54) is 5.56 Å². The summed E-state index contributed by atoms with van der Waals surface area (Å²) in [5.74, 6) is 1.68. The van der Waals surface area contributed by atoms with Gasteiger partial charge >= 0.3 is 0 Å². The second kappa shape index (κ2) is 5.80. The summed E-state index contributed by atoms with van der Waals surface area (Å²) in [4.78, 5) is 0. The normalized spacial score (nSPS) is 25.6. The predicted molar refractivity (Wildman–Crippen MR) is 69.2 cm³/mol. The van der Waals surface area contributed by atoms with Crippen molar-refractivity contribution < 1.29 is 4.21 Å². The number of hydrogen-bond acceptors (Lipinski definition) is 2. The van der Waals surface area contributed by atoms with Gasteiger partial charge in [-0.25, -0.2) is 0 Å². The molecule has 0 radical (unpaired) electrons. The van der Waals surface area contributed by atoms with Gasteiger partial charge in [-0.15, -0.1) is 0 Å². The summed E-state index contributed by atoms with van der Waals surface area (Å²) in [6.07, 6.45) is 2.04. The Labute approximate surface area is 104 Å². The molecule has 4 heteroatoms. The van der Waals surface area contributed by atoms with Crippen molar-refractivity contribution in [2.75, 3.05) is 11.5 Å². The van der Waals surface area contributed by atoms with E-state index in [2.05, 4.69) is 11.4 Å². The number of halogens is 1. The molecule has 0 spiro atoms. The smallest absolute Gasteiger partial charge is 0.0409 e. The van der Waals surface area contributed by atoms with E-state index in [0.717, 1.165) is 35.9 Å². The van der Waals surface area contributed by atoms with Crippen LogP contribution in [0.25, 0.3) is 0 Å². The molecule has 0 atom stereocenters. The van der Waals surface area contributed by atoms with E-state index in [9.17, 15) is 4.21 Å². The molecule has 0 unspecified atom stereocenters. The molecule has 1 saturated heterocycles. The molecule has 0 aromatic heterocycles. The van der Waals surface area contributed by atoms with Crippen molar-refractivity contribution in [3.63, 3.8) is 0 Å². The Morgan fingerprint density at radius 1 is 1.38 bits per heavy atom. The monoisotopic (exact) mass is 257 g/mol. The van der Waals surface area contributed by atoms with E-state index in [1.807, 2.05) is 18.2 Å². The van der Waals surface area contributed by atoms with Crippen LogP contribution in [-0.2, 0) is 17.3 Å². The maximum atomic E-state index is 11.2. The number of hydrogen-bond donors (Lipinski definition) is 1. The second-order valence-corrected chi connectivity index (χ2v) is 6.27. The van der Waals surface area contributed by atoms with Gasteiger partial charge in [0.2, 0.25) is 0 Å². The van der Waals surface area contributed by atoms with Crippen molar-refractivity contribution in [3.8, 4) is 0 Å². The molecule has 1 aliphatic heterocycles. The zero-order chi connectivity index (χ0) is 11.4. The highest BCUT2D eigenvalue weighted by Crippen LogP contribution is 2.13. The minimum absolute atomic E-state index is 0.511. The Kier molecular flexibility index (Phi) is 4.38. The SMILES string of the molecule is O=S1CCC(NCc2cccc(Cl)c2)CC1. The molecule has 0 amide bonds. The van der Waals surface area contributed by atoms with Crippen molar-refractivity contribution in [3.05, 3.63) is 34.9 Å². The van der Waals surface area contributed by atoms with Crippen LogP contribution in [0.5, 0.6) is 0 Å². The van der Waals surface area contributed by atoms with Gasteiger partial charge in [-0.05, 0) is 30.5 Å². The van der Waals surface area contributed by atoms with Crippen LogP contribution >= 0.6 is 11.6 Å². The molecule has 2 nitrogen and oxygen atoms in total. The minimum atomic E-state index is -0.574. The fourth-order valence-electron chi connectivity index (χ4n) is 1.91. The van der Waals surface area contributed by atoms with Gasteiger partial charge in [0.1, 0.15) is 0 Å². The first-order valence-corrected chi connectivity index (χ1v) is 7.43. The van der Waals surface area contributed by atoms with Crippen molar-refractivity contribution in [2.24, 2.45) is 0 Å². The van der Waals surface area contributed by atoms with Crippen LogP contribution < -0.4 is 5.32 Å². The molecule has 1 fully saturated rings. The lowest BCUT2D eigenvalue weighted by Gasteiger charge is -2.22. The number of rotatable bonds is 3. The van der Waals surface area contributed by atoms with E-state index in [0.29, 0.717) is 6.04 Å². The lowest BCUT2D eigenvalue weighted by molar-refractivity contribution is 0.475. The highest BCUT2D eigenvalue weighted by Gasteiger charge is 2.16. The van der Waals surface area contributed by atoms with E-state index in [4.69, 9.17) is 11.6 Å². The first-order chi connectivity index (χ1) is 7.74. The van der Waals surface area contributed by atoms with E-state index in [-0.39, 0.29) is 0 Å². The molecular weight excluding hydrogens is 242 g/mol. The average Bonchev–Trinajstić information content (AvgIpc) is 2.28. The number of benzene rings is 1. The summed E-state index contributed by atoms with van der Waals surface area (Å²) in [5, 5.41) is 4.27. The van der Waals surface area contributed by atoms with Crippen LogP contribution in [0.1, 0.15) is 18.4 Å². The summed E-state index contributed by atoms with van der Waals surface area (Å²) in [6, 6.07) is 8.41.